The molecule has 1 aromatic carbocycles. The molecule has 0 amide bonds. The second kappa shape index (κ2) is 8.70. The van der Waals surface area contributed by atoms with Gasteiger partial charge in [0.2, 0.25) is 10.0 Å². The van der Waals surface area contributed by atoms with E-state index < -0.39 is 16.0 Å². The van der Waals surface area contributed by atoms with Crippen LogP contribution < -0.4 is 14.2 Å². The van der Waals surface area contributed by atoms with Crippen molar-refractivity contribution in [2.45, 2.75) is 31.2 Å². The largest absolute Gasteiger partial charge is 0.493 e. The number of benzene rings is 1. The number of nitrogens with one attached hydrogen (secondary N) is 1. The fraction of sp³-hybridized carbons (Fsp3) is 0.438. The van der Waals surface area contributed by atoms with Crippen molar-refractivity contribution in [3.05, 3.63) is 23.8 Å². The molecule has 24 heavy (non-hydrogen) atoms. The molecule has 0 heterocycles. The number of methoxy groups -OCH3 is 3. The second-order valence-corrected chi connectivity index (χ2v) is 6.72. The lowest BCUT2D eigenvalue weighted by Gasteiger charge is -2.17. The lowest BCUT2D eigenvalue weighted by molar-refractivity contribution is -0.134. The summed E-state index contributed by atoms with van der Waals surface area (Å²) in [4.78, 5) is 11.2. The van der Waals surface area contributed by atoms with Gasteiger partial charge in [0, 0.05) is 12.1 Å². The van der Waals surface area contributed by atoms with Gasteiger partial charge in [-0.2, -0.15) is 0 Å². The molecule has 0 saturated heterocycles. The quantitative estimate of drug-likeness (QED) is 0.565. The summed E-state index contributed by atoms with van der Waals surface area (Å²) in [5.74, 6) is -0.204. The Bertz CT molecular complexity index is 712. The highest BCUT2D eigenvalue weighted by atomic mass is 32.2. The highest BCUT2D eigenvalue weighted by molar-refractivity contribution is 7.89. The monoisotopic (exact) mass is 357 g/mol. The van der Waals surface area contributed by atoms with Gasteiger partial charge in [-0.3, -0.25) is 0 Å². The van der Waals surface area contributed by atoms with Crippen molar-refractivity contribution in [3.8, 4) is 11.5 Å². The molecule has 0 aromatic heterocycles. The van der Waals surface area contributed by atoms with Gasteiger partial charge in [0.15, 0.2) is 11.5 Å². The van der Waals surface area contributed by atoms with E-state index in [4.69, 9.17) is 9.47 Å². The molecule has 0 bridgehead atoms. The third kappa shape index (κ3) is 4.97. The first kappa shape index (κ1) is 20.0. The number of carbonyl (C=O) groups excluding carboxylic acids is 1. The first-order chi connectivity index (χ1) is 11.3. The summed E-state index contributed by atoms with van der Waals surface area (Å²) in [5.41, 5.74) is 0.461. The zero-order valence-corrected chi connectivity index (χ0v) is 15.3. The van der Waals surface area contributed by atoms with E-state index in [-0.39, 0.29) is 22.4 Å². The molecule has 134 valence electrons. The van der Waals surface area contributed by atoms with E-state index in [0.717, 1.165) is 0 Å². The molecule has 1 aromatic rings. The lowest BCUT2D eigenvalue weighted by atomic mass is 10.2. The van der Waals surface area contributed by atoms with Crippen molar-refractivity contribution in [2.75, 3.05) is 21.3 Å². The standard InChI is InChI=1S/C16H23NO6S/c1-6-11(2)17-24(19,20)14-10-12(7-8-15(18)22-4)9-13(21-3)16(14)23-5/h7-11,17H,6H2,1-5H3/b8-7+/t11-/m0/s1. The van der Waals surface area contributed by atoms with Crippen molar-refractivity contribution in [3.63, 3.8) is 0 Å². The van der Waals surface area contributed by atoms with Gasteiger partial charge in [-0.1, -0.05) is 6.92 Å². The van der Waals surface area contributed by atoms with Crippen LogP contribution in [0.2, 0.25) is 0 Å². The molecule has 1 rings (SSSR count). The number of hydrogen-bond donors (Lipinski definition) is 1. The third-order valence-electron chi connectivity index (χ3n) is 3.34. The van der Waals surface area contributed by atoms with Crippen molar-refractivity contribution >= 4 is 22.1 Å². The average molecular weight is 357 g/mol. The maximum absolute atomic E-state index is 12.6. The van der Waals surface area contributed by atoms with Gasteiger partial charge in [0.25, 0.3) is 0 Å². The molecule has 0 radical (unpaired) electrons. The van der Waals surface area contributed by atoms with Crippen LogP contribution in [0.5, 0.6) is 11.5 Å². The minimum absolute atomic E-state index is 0.0610. The summed E-state index contributed by atoms with van der Waals surface area (Å²) in [6, 6.07) is 2.74. The van der Waals surface area contributed by atoms with Crippen LogP contribution in [0.15, 0.2) is 23.1 Å². The van der Waals surface area contributed by atoms with Gasteiger partial charge >= 0.3 is 5.97 Å². The van der Waals surface area contributed by atoms with E-state index in [1.54, 1.807) is 13.0 Å². The summed E-state index contributed by atoms with van der Waals surface area (Å²) in [7, 11) is 0.211. The van der Waals surface area contributed by atoms with Crippen LogP contribution in [-0.2, 0) is 19.6 Å². The van der Waals surface area contributed by atoms with Crippen LogP contribution >= 0.6 is 0 Å². The van der Waals surface area contributed by atoms with E-state index in [1.807, 2.05) is 6.92 Å². The fourth-order valence-corrected chi connectivity index (χ4v) is 3.43. The smallest absolute Gasteiger partial charge is 0.330 e. The van der Waals surface area contributed by atoms with Crippen molar-refractivity contribution < 1.29 is 27.4 Å². The lowest BCUT2D eigenvalue weighted by Crippen LogP contribution is -2.32. The molecule has 8 heteroatoms. The molecule has 1 atom stereocenters. The second-order valence-electron chi connectivity index (χ2n) is 5.04. The van der Waals surface area contributed by atoms with E-state index >= 15 is 0 Å². The van der Waals surface area contributed by atoms with Gasteiger partial charge in [0.1, 0.15) is 4.90 Å². The van der Waals surface area contributed by atoms with Gasteiger partial charge in [-0.05, 0) is 37.1 Å². The number of rotatable bonds is 8. The maximum Gasteiger partial charge on any atom is 0.330 e. The van der Waals surface area contributed by atoms with Crippen molar-refractivity contribution in [1.82, 2.24) is 4.72 Å². The molecule has 0 aliphatic carbocycles. The average Bonchev–Trinajstić information content (AvgIpc) is 2.57. The predicted octanol–water partition coefficient (Wildman–Crippen LogP) is 1.97. The zero-order valence-electron chi connectivity index (χ0n) is 14.5. The molecule has 0 fully saturated rings. The Morgan fingerprint density at radius 3 is 2.42 bits per heavy atom. The van der Waals surface area contributed by atoms with Gasteiger partial charge in [-0.25, -0.2) is 17.9 Å². The first-order valence-electron chi connectivity index (χ1n) is 7.33. The Balaban J connectivity index is 3.45. The van der Waals surface area contributed by atoms with Crippen molar-refractivity contribution in [1.29, 1.82) is 0 Å². The molecule has 0 aliphatic heterocycles. The summed E-state index contributed by atoms with van der Waals surface area (Å²) < 4.78 is 42.8. The molecule has 0 spiro atoms. The Morgan fingerprint density at radius 2 is 1.92 bits per heavy atom. The van der Waals surface area contributed by atoms with Crippen LogP contribution in [0.4, 0.5) is 0 Å². The Morgan fingerprint density at radius 1 is 1.25 bits per heavy atom. The summed E-state index contributed by atoms with van der Waals surface area (Å²) in [6.07, 6.45) is 3.27. The van der Waals surface area contributed by atoms with Gasteiger partial charge in [-0.15, -0.1) is 0 Å². The number of carbonyl (C=O) groups is 1. The van der Waals surface area contributed by atoms with Crippen LogP contribution in [-0.4, -0.2) is 41.8 Å². The Labute approximate surface area is 142 Å². The first-order valence-corrected chi connectivity index (χ1v) is 8.81. The minimum Gasteiger partial charge on any atom is -0.493 e. The van der Waals surface area contributed by atoms with E-state index in [0.29, 0.717) is 12.0 Å². The molecule has 0 aliphatic rings. The molecule has 7 nitrogen and oxygen atoms in total. The minimum atomic E-state index is -3.82. The normalized spacial score (nSPS) is 12.9. The number of hydrogen-bond acceptors (Lipinski definition) is 6. The SMILES string of the molecule is CC[C@H](C)NS(=O)(=O)c1cc(/C=C/C(=O)OC)cc(OC)c1OC. The van der Waals surface area contributed by atoms with Gasteiger partial charge < -0.3 is 14.2 Å². The molecule has 0 saturated carbocycles. The van der Waals surface area contributed by atoms with Crippen LogP contribution in [0.25, 0.3) is 6.08 Å². The van der Waals surface area contributed by atoms with Crippen molar-refractivity contribution in [2.24, 2.45) is 0 Å². The summed E-state index contributed by atoms with van der Waals surface area (Å²) >= 11 is 0. The summed E-state index contributed by atoms with van der Waals surface area (Å²) in [5, 5.41) is 0. The van der Waals surface area contributed by atoms with E-state index in [1.165, 1.54) is 39.5 Å². The van der Waals surface area contributed by atoms with Crippen LogP contribution in [0.1, 0.15) is 25.8 Å². The molecular formula is C16H23NO6S. The Kier molecular flexibility index (Phi) is 7.24. The number of esters is 1. The van der Waals surface area contributed by atoms with Crippen LogP contribution in [0, 0.1) is 0 Å². The predicted molar refractivity (Wildman–Crippen MR) is 90.7 cm³/mol. The summed E-state index contributed by atoms with van der Waals surface area (Å²) in [6.45, 7) is 3.64. The highest BCUT2D eigenvalue weighted by Gasteiger charge is 2.24. The number of sulfonamides is 1. The highest BCUT2D eigenvalue weighted by Crippen LogP contribution is 2.36. The van der Waals surface area contributed by atoms with Gasteiger partial charge in [0.05, 0.1) is 21.3 Å². The number of ether oxygens (including phenoxy) is 3. The zero-order chi connectivity index (χ0) is 18.3. The van der Waals surface area contributed by atoms with E-state index in [2.05, 4.69) is 9.46 Å². The fourth-order valence-electron chi connectivity index (χ4n) is 1.89. The maximum atomic E-state index is 12.6. The third-order valence-corrected chi connectivity index (χ3v) is 4.93. The van der Waals surface area contributed by atoms with Crippen LogP contribution in [0.3, 0.4) is 0 Å². The molecular weight excluding hydrogens is 334 g/mol. The Hall–Kier alpha value is -2.06. The van der Waals surface area contributed by atoms with E-state index in [9.17, 15) is 13.2 Å². The molecule has 0 unspecified atom stereocenters. The topological polar surface area (TPSA) is 90.9 Å². The molecule has 1 N–H and O–H groups in total.